The average Bonchev–Trinajstić information content (AvgIpc) is 2.38. The van der Waals surface area contributed by atoms with Crippen molar-refractivity contribution >= 4 is 11.6 Å². The first-order chi connectivity index (χ1) is 9.13. The minimum atomic E-state index is -0.231. The van der Waals surface area contributed by atoms with Gasteiger partial charge in [-0.15, -0.1) is 0 Å². The highest BCUT2D eigenvalue weighted by Gasteiger charge is 2.18. The molecule has 5 nitrogen and oxygen atoms in total. The summed E-state index contributed by atoms with van der Waals surface area (Å²) in [7, 11) is 3.14. The van der Waals surface area contributed by atoms with Crippen LogP contribution >= 0.6 is 0 Å². The van der Waals surface area contributed by atoms with Crippen LogP contribution in [0.5, 0.6) is 5.75 Å². The molecule has 0 fully saturated rings. The summed E-state index contributed by atoms with van der Waals surface area (Å²) in [5.74, 6) is 0.246. The van der Waals surface area contributed by atoms with Gasteiger partial charge in [0.1, 0.15) is 11.3 Å². The number of methoxy groups -OCH3 is 2. The molecule has 1 aromatic carbocycles. The number of nitrogen functional groups attached to an aromatic ring is 1. The predicted molar refractivity (Wildman–Crippen MR) is 75.4 cm³/mol. The van der Waals surface area contributed by atoms with E-state index in [1.165, 1.54) is 7.11 Å². The van der Waals surface area contributed by atoms with E-state index in [0.29, 0.717) is 23.6 Å². The Morgan fingerprint density at radius 1 is 1.42 bits per heavy atom. The first-order valence-electron chi connectivity index (χ1n) is 6.36. The highest BCUT2D eigenvalue weighted by atomic mass is 16.5. The lowest BCUT2D eigenvalue weighted by molar-refractivity contribution is 0.0889. The van der Waals surface area contributed by atoms with Gasteiger partial charge < -0.3 is 20.5 Å². The van der Waals surface area contributed by atoms with E-state index in [-0.39, 0.29) is 11.9 Å². The number of amides is 1. The van der Waals surface area contributed by atoms with Crippen molar-refractivity contribution in [2.75, 3.05) is 26.6 Å². The summed E-state index contributed by atoms with van der Waals surface area (Å²) in [6, 6.07) is 5.13. The molecule has 0 spiro atoms. The summed E-state index contributed by atoms with van der Waals surface area (Å²) in [6.07, 6.45) is 1.82. The van der Waals surface area contributed by atoms with Crippen LogP contribution in [-0.4, -0.2) is 32.8 Å². The van der Waals surface area contributed by atoms with Gasteiger partial charge in [0, 0.05) is 12.8 Å². The fraction of sp³-hybridized carbons (Fsp3) is 0.500. The van der Waals surface area contributed by atoms with Gasteiger partial charge in [-0.3, -0.25) is 4.79 Å². The molecule has 1 rings (SSSR count). The van der Waals surface area contributed by atoms with Crippen LogP contribution in [0.2, 0.25) is 0 Å². The van der Waals surface area contributed by atoms with E-state index in [9.17, 15) is 4.79 Å². The predicted octanol–water partition coefficient (Wildman–Crippen LogP) is 1.82. The van der Waals surface area contributed by atoms with Gasteiger partial charge in [0.2, 0.25) is 0 Å². The van der Waals surface area contributed by atoms with Crippen molar-refractivity contribution in [2.45, 2.75) is 25.8 Å². The van der Waals surface area contributed by atoms with Gasteiger partial charge >= 0.3 is 0 Å². The quantitative estimate of drug-likeness (QED) is 0.738. The van der Waals surface area contributed by atoms with Crippen LogP contribution in [0, 0.1) is 0 Å². The van der Waals surface area contributed by atoms with Crippen molar-refractivity contribution in [3.63, 3.8) is 0 Å². The molecule has 3 N–H and O–H groups in total. The highest BCUT2D eigenvalue weighted by molar-refractivity contribution is 6.02. The van der Waals surface area contributed by atoms with Gasteiger partial charge in [-0.2, -0.15) is 0 Å². The summed E-state index contributed by atoms with van der Waals surface area (Å²) in [5, 5.41) is 2.93. The first-order valence-corrected chi connectivity index (χ1v) is 6.36. The van der Waals surface area contributed by atoms with Crippen molar-refractivity contribution in [2.24, 2.45) is 0 Å². The average molecular weight is 266 g/mol. The van der Waals surface area contributed by atoms with Gasteiger partial charge in [0.05, 0.1) is 19.8 Å². The second kappa shape index (κ2) is 7.63. The number of benzene rings is 1. The molecule has 1 amide bonds. The van der Waals surface area contributed by atoms with Crippen molar-refractivity contribution in [1.29, 1.82) is 0 Å². The zero-order valence-corrected chi connectivity index (χ0v) is 11.7. The Hall–Kier alpha value is -1.75. The first kappa shape index (κ1) is 15.3. The lowest BCUT2D eigenvalue weighted by Gasteiger charge is -2.18. The van der Waals surface area contributed by atoms with Gasteiger partial charge in [0.15, 0.2) is 0 Å². The van der Waals surface area contributed by atoms with Gasteiger partial charge in [0.25, 0.3) is 5.91 Å². The molecule has 0 aliphatic rings. The van der Waals surface area contributed by atoms with E-state index in [0.717, 1.165) is 12.8 Å². The fourth-order valence-corrected chi connectivity index (χ4v) is 1.97. The molecular formula is C14H22N2O3. The van der Waals surface area contributed by atoms with E-state index in [1.54, 1.807) is 25.3 Å². The van der Waals surface area contributed by atoms with Crippen LogP contribution in [0.25, 0.3) is 0 Å². The molecule has 0 saturated heterocycles. The number of carbonyl (C=O) groups excluding carboxylic acids is 1. The molecule has 0 bridgehead atoms. The van der Waals surface area contributed by atoms with E-state index in [2.05, 4.69) is 12.2 Å². The Kier molecular flexibility index (Phi) is 6.15. The molecule has 0 saturated carbocycles. The van der Waals surface area contributed by atoms with Gasteiger partial charge in [-0.05, 0) is 18.6 Å². The molecular weight excluding hydrogens is 244 g/mol. The maximum atomic E-state index is 12.3. The number of nitrogens with one attached hydrogen (secondary N) is 1. The standard InChI is InChI=1S/C14H22N2O3/c1-4-6-10(9-18-2)16-14(17)13-11(15)7-5-8-12(13)19-3/h5,7-8,10H,4,6,9,15H2,1-3H3,(H,16,17). The van der Waals surface area contributed by atoms with Gasteiger partial charge in [-0.25, -0.2) is 0 Å². The Bertz CT molecular complexity index is 415. The van der Waals surface area contributed by atoms with E-state index in [1.807, 2.05) is 0 Å². The molecule has 0 aliphatic heterocycles. The molecule has 106 valence electrons. The number of ether oxygens (including phenoxy) is 2. The smallest absolute Gasteiger partial charge is 0.257 e. The number of anilines is 1. The third-order valence-corrected chi connectivity index (χ3v) is 2.85. The Labute approximate surface area is 114 Å². The zero-order chi connectivity index (χ0) is 14.3. The topological polar surface area (TPSA) is 73.6 Å². The van der Waals surface area contributed by atoms with Crippen LogP contribution in [0.15, 0.2) is 18.2 Å². The van der Waals surface area contributed by atoms with Crippen LogP contribution in [0.1, 0.15) is 30.1 Å². The molecule has 1 unspecified atom stereocenters. The summed E-state index contributed by atoms with van der Waals surface area (Å²) in [6.45, 7) is 2.54. The van der Waals surface area contributed by atoms with E-state index in [4.69, 9.17) is 15.2 Å². The molecule has 0 aliphatic carbocycles. The fourth-order valence-electron chi connectivity index (χ4n) is 1.97. The van der Waals surface area contributed by atoms with Crippen LogP contribution in [0.4, 0.5) is 5.69 Å². The van der Waals surface area contributed by atoms with Crippen molar-refractivity contribution in [3.8, 4) is 5.75 Å². The Balaban J connectivity index is 2.87. The van der Waals surface area contributed by atoms with Crippen molar-refractivity contribution in [1.82, 2.24) is 5.32 Å². The van der Waals surface area contributed by atoms with Crippen LogP contribution < -0.4 is 15.8 Å². The third-order valence-electron chi connectivity index (χ3n) is 2.85. The minimum absolute atomic E-state index is 0.0215. The summed E-state index contributed by atoms with van der Waals surface area (Å²) in [5.41, 5.74) is 6.63. The summed E-state index contributed by atoms with van der Waals surface area (Å²) >= 11 is 0. The molecule has 1 aromatic rings. The number of hydrogen-bond acceptors (Lipinski definition) is 4. The molecule has 5 heteroatoms. The number of nitrogens with two attached hydrogens (primary N) is 1. The normalized spacial score (nSPS) is 11.9. The second-order valence-electron chi connectivity index (χ2n) is 4.34. The van der Waals surface area contributed by atoms with Crippen molar-refractivity contribution in [3.05, 3.63) is 23.8 Å². The van der Waals surface area contributed by atoms with E-state index < -0.39 is 0 Å². The van der Waals surface area contributed by atoms with Crippen LogP contribution in [0.3, 0.4) is 0 Å². The highest BCUT2D eigenvalue weighted by Crippen LogP contribution is 2.24. The lowest BCUT2D eigenvalue weighted by Crippen LogP contribution is -2.38. The molecule has 0 heterocycles. The zero-order valence-electron chi connectivity index (χ0n) is 11.7. The second-order valence-corrected chi connectivity index (χ2v) is 4.34. The van der Waals surface area contributed by atoms with Crippen LogP contribution in [-0.2, 0) is 4.74 Å². The summed E-state index contributed by atoms with van der Waals surface area (Å²) < 4.78 is 10.3. The SMILES string of the molecule is CCCC(COC)NC(=O)c1c(N)cccc1OC. The van der Waals surface area contributed by atoms with E-state index >= 15 is 0 Å². The lowest BCUT2D eigenvalue weighted by atomic mass is 10.1. The Morgan fingerprint density at radius 2 is 2.16 bits per heavy atom. The molecule has 0 radical (unpaired) electrons. The minimum Gasteiger partial charge on any atom is -0.496 e. The monoisotopic (exact) mass is 266 g/mol. The number of carbonyl (C=O) groups is 1. The third kappa shape index (κ3) is 4.13. The largest absolute Gasteiger partial charge is 0.496 e. The molecule has 0 aromatic heterocycles. The maximum Gasteiger partial charge on any atom is 0.257 e. The molecule has 1 atom stereocenters. The molecule has 19 heavy (non-hydrogen) atoms. The Morgan fingerprint density at radius 3 is 2.74 bits per heavy atom. The number of hydrogen-bond donors (Lipinski definition) is 2. The maximum absolute atomic E-state index is 12.3. The van der Waals surface area contributed by atoms with Crippen molar-refractivity contribution < 1.29 is 14.3 Å². The van der Waals surface area contributed by atoms with Gasteiger partial charge in [-0.1, -0.05) is 19.4 Å². The number of rotatable bonds is 7. The summed E-state index contributed by atoms with van der Waals surface area (Å²) in [4.78, 5) is 12.3.